The van der Waals surface area contributed by atoms with Crippen molar-refractivity contribution in [2.75, 3.05) is 13.6 Å². The Morgan fingerprint density at radius 1 is 1.33 bits per heavy atom. The van der Waals surface area contributed by atoms with Crippen molar-refractivity contribution in [2.45, 2.75) is 26.3 Å². The molecule has 0 aliphatic carbocycles. The summed E-state index contributed by atoms with van der Waals surface area (Å²) in [5, 5.41) is 4.08. The van der Waals surface area contributed by atoms with Crippen molar-refractivity contribution in [1.82, 2.24) is 4.90 Å². The van der Waals surface area contributed by atoms with Gasteiger partial charge in [0, 0.05) is 29.4 Å². The highest BCUT2D eigenvalue weighted by molar-refractivity contribution is 9.10. The van der Waals surface area contributed by atoms with Crippen molar-refractivity contribution in [1.29, 1.82) is 0 Å². The lowest BCUT2D eigenvalue weighted by Gasteiger charge is -2.34. The highest BCUT2D eigenvalue weighted by atomic mass is 79.9. The largest absolute Gasteiger partial charge is 0.365 e. The Kier molecular flexibility index (Phi) is 6.84. The SMILES string of the molecule is CC1CN(C)C(C)CC1=NOC(=O)c1ccc(Br)cc1.Cl. The molecule has 1 saturated heterocycles. The molecule has 0 amide bonds. The van der Waals surface area contributed by atoms with Crippen LogP contribution in [0.4, 0.5) is 0 Å². The van der Waals surface area contributed by atoms with E-state index in [4.69, 9.17) is 4.84 Å². The summed E-state index contributed by atoms with van der Waals surface area (Å²) in [5.74, 6) is -0.0994. The lowest BCUT2D eigenvalue weighted by atomic mass is 9.93. The third-order valence-electron chi connectivity index (χ3n) is 3.71. The minimum absolute atomic E-state index is 0. The van der Waals surface area contributed by atoms with Gasteiger partial charge in [0.25, 0.3) is 0 Å². The van der Waals surface area contributed by atoms with Gasteiger partial charge in [0.1, 0.15) is 0 Å². The Morgan fingerprint density at radius 2 is 1.95 bits per heavy atom. The standard InChI is InChI=1S/C15H19BrN2O2.ClH/c1-10-9-18(3)11(2)8-14(10)17-20-15(19)12-4-6-13(16)7-5-12;/h4-7,10-11H,8-9H2,1-3H3;1H. The zero-order valence-electron chi connectivity index (χ0n) is 12.4. The van der Waals surface area contributed by atoms with Crippen molar-refractivity contribution in [3.05, 3.63) is 34.3 Å². The molecule has 2 rings (SSSR count). The zero-order chi connectivity index (χ0) is 14.7. The van der Waals surface area contributed by atoms with Crippen molar-refractivity contribution in [2.24, 2.45) is 11.1 Å². The van der Waals surface area contributed by atoms with E-state index in [9.17, 15) is 4.79 Å². The summed E-state index contributed by atoms with van der Waals surface area (Å²) >= 11 is 3.33. The van der Waals surface area contributed by atoms with Gasteiger partial charge in [-0.3, -0.25) is 0 Å². The molecule has 116 valence electrons. The fraction of sp³-hybridized carbons (Fsp3) is 0.467. The molecule has 6 heteroatoms. The number of rotatable bonds is 2. The molecule has 1 fully saturated rings. The molecule has 1 aromatic rings. The van der Waals surface area contributed by atoms with Gasteiger partial charge in [-0.1, -0.05) is 28.0 Å². The first-order chi connectivity index (χ1) is 9.47. The Morgan fingerprint density at radius 3 is 2.57 bits per heavy atom. The zero-order valence-corrected chi connectivity index (χ0v) is 14.8. The first-order valence-corrected chi connectivity index (χ1v) is 7.50. The number of hydrogen-bond donors (Lipinski definition) is 0. The fourth-order valence-electron chi connectivity index (χ4n) is 2.24. The number of oxime groups is 1. The smallest absolute Gasteiger partial charge is 0.313 e. The van der Waals surface area contributed by atoms with Crippen LogP contribution < -0.4 is 0 Å². The minimum Gasteiger partial charge on any atom is -0.313 e. The predicted octanol–water partition coefficient (Wildman–Crippen LogP) is 3.74. The number of likely N-dealkylation sites (tertiary alicyclic amines) is 1. The Labute approximate surface area is 140 Å². The molecule has 2 atom stereocenters. The molecule has 1 aliphatic heterocycles. The van der Waals surface area contributed by atoms with Gasteiger partial charge in [0.05, 0.1) is 11.3 Å². The van der Waals surface area contributed by atoms with Gasteiger partial charge in [-0.15, -0.1) is 12.4 Å². The van der Waals surface area contributed by atoms with E-state index in [-0.39, 0.29) is 12.4 Å². The van der Waals surface area contributed by atoms with E-state index in [2.05, 4.69) is 46.9 Å². The molecule has 2 unspecified atom stereocenters. The monoisotopic (exact) mass is 374 g/mol. The van der Waals surface area contributed by atoms with Crippen LogP contribution in [0.1, 0.15) is 30.6 Å². The van der Waals surface area contributed by atoms with Crippen LogP contribution in [0, 0.1) is 5.92 Å². The average molecular weight is 376 g/mol. The van der Waals surface area contributed by atoms with Crippen LogP contribution in [0.15, 0.2) is 33.9 Å². The second-order valence-electron chi connectivity index (χ2n) is 5.36. The van der Waals surface area contributed by atoms with E-state index >= 15 is 0 Å². The van der Waals surface area contributed by atoms with Gasteiger partial charge in [-0.05, 0) is 38.2 Å². The lowest BCUT2D eigenvalue weighted by molar-refractivity contribution is 0.0508. The molecular formula is C15H20BrClN2O2. The van der Waals surface area contributed by atoms with Crippen LogP contribution in [0.2, 0.25) is 0 Å². The molecule has 0 spiro atoms. The number of nitrogens with zero attached hydrogens (tertiary/aromatic N) is 2. The third-order valence-corrected chi connectivity index (χ3v) is 4.24. The maximum absolute atomic E-state index is 11.9. The Bertz CT molecular complexity index is 519. The van der Waals surface area contributed by atoms with Gasteiger partial charge in [-0.2, -0.15) is 0 Å². The highest BCUT2D eigenvalue weighted by Crippen LogP contribution is 2.18. The average Bonchev–Trinajstić information content (AvgIpc) is 2.42. The first kappa shape index (κ1) is 18.1. The highest BCUT2D eigenvalue weighted by Gasteiger charge is 2.26. The number of benzene rings is 1. The summed E-state index contributed by atoms with van der Waals surface area (Å²) in [6, 6.07) is 7.48. The summed E-state index contributed by atoms with van der Waals surface area (Å²) in [6.07, 6.45) is 0.839. The van der Waals surface area contributed by atoms with E-state index in [1.807, 2.05) is 12.1 Å². The molecule has 4 nitrogen and oxygen atoms in total. The number of halogens is 2. The molecule has 1 heterocycles. The van der Waals surface area contributed by atoms with Gasteiger partial charge in [0.15, 0.2) is 0 Å². The van der Waals surface area contributed by atoms with Crippen LogP contribution in [-0.2, 0) is 4.84 Å². The van der Waals surface area contributed by atoms with Crippen LogP contribution in [0.3, 0.4) is 0 Å². The molecule has 0 radical (unpaired) electrons. The van der Waals surface area contributed by atoms with Crippen LogP contribution >= 0.6 is 28.3 Å². The van der Waals surface area contributed by atoms with E-state index in [1.165, 1.54) is 0 Å². The van der Waals surface area contributed by atoms with Crippen LogP contribution in [0.25, 0.3) is 0 Å². The molecule has 0 bridgehead atoms. The van der Waals surface area contributed by atoms with E-state index in [1.54, 1.807) is 12.1 Å². The van der Waals surface area contributed by atoms with Crippen molar-refractivity contribution in [3.8, 4) is 0 Å². The summed E-state index contributed by atoms with van der Waals surface area (Å²) in [6.45, 7) is 5.20. The van der Waals surface area contributed by atoms with E-state index < -0.39 is 5.97 Å². The lowest BCUT2D eigenvalue weighted by Crippen LogP contribution is -2.43. The van der Waals surface area contributed by atoms with Crippen molar-refractivity contribution >= 4 is 40.0 Å². The quantitative estimate of drug-likeness (QED) is 0.584. The normalized spacial score (nSPS) is 24.5. The van der Waals surface area contributed by atoms with E-state index in [0.29, 0.717) is 17.5 Å². The molecule has 0 saturated carbocycles. The molecule has 1 aromatic carbocycles. The van der Waals surface area contributed by atoms with Crippen LogP contribution in [-0.4, -0.2) is 36.2 Å². The summed E-state index contributed by atoms with van der Waals surface area (Å²) < 4.78 is 0.929. The summed E-state index contributed by atoms with van der Waals surface area (Å²) in [4.78, 5) is 19.3. The number of hydrogen-bond acceptors (Lipinski definition) is 4. The molecular weight excluding hydrogens is 356 g/mol. The Balaban J connectivity index is 0.00000220. The summed E-state index contributed by atoms with van der Waals surface area (Å²) in [7, 11) is 2.10. The molecule has 1 aliphatic rings. The molecule has 21 heavy (non-hydrogen) atoms. The third kappa shape index (κ3) is 4.80. The van der Waals surface area contributed by atoms with E-state index in [0.717, 1.165) is 23.1 Å². The van der Waals surface area contributed by atoms with Gasteiger partial charge in [-0.25, -0.2) is 4.79 Å². The number of carbonyl (C=O) groups is 1. The van der Waals surface area contributed by atoms with Gasteiger partial charge >= 0.3 is 5.97 Å². The number of piperidine rings is 1. The molecule has 0 N–H and O–H groups in total. The minimum atomic E-state index is -0.413. The summed E-state index contributed by atoms with van der Waals surface area (Å²) in [5.41, 5.74) is 1.47. The van der Waals surface area contributed by atoms with Crippen molar-refractivity contribution in [3.63, 3.8) is 0 Å². The fourth-order valence-corrected chi connectivity index (χ4v) is 2.51. The maximum atomic E-state index is 11.9. The maximum Gasteiger partial charge on any atom is 0.365 e. The molecule has 0 aromatic heterocycles. The van der Waals surface area contributed by atoms with Gasteiger partial charge in [0.2, 0.25) is 0 Å². The topological polar surface area (TPSA) is 41.9 Å². The predicted molar refractivity (Wildman–Crippen MR) is 90.1 cm³/mol. The number of carbonyl (C=O) groups excluding carboxylic acids is 1. The van der Waals surface area contributed by atoms with Crippen LogP contribution in [0.5, 0.6) is 0 Å². The van der Waals surface area contributed by atoms with Crippen molar-refractivity contribution < 1.29 is 9.63 Å². The van der Waals surface area contributed by atoms with Gasteiger partial charge < -0.3 is 9.74 Å². The second kappa shape index (κ2) is 7.92. The Hall–Kier alpha value is -0.910. The first-order valence-electron chi connectivity index (χ1n) is 6.71. The second-order valence-corrected chi connectivity index (χ2v) is 6.28.